The van der Waals surface area contributed by atoms with E-state index in [4.69, 9.17) is 15.2 Å². The van der Waals surface area contributed by atoms with E-state index in [9.17, 15) is 0 Å². The van der Waals surface area contributed by atoms with E-state index in [2.05, 4.69) is 9.97 Å². The average Bonchev–Trinajstić information content (AvgIpc) is 2.14. The van der Waals surface area contributed by atoms with E-state index in [1.807, 2.05) is 13.8 Å². The highest BCUT2D eigenvalue weighted by Gasteiger charge is 2.12. The molecule has 0 unspecified atom stereocenters. The summed E-state index contributed by atoms with van der Waals surface area (Å²) < 4.78 is 10.3. The molecule has 0 aromatic carbocycles. The number of ether oxygens (including phenoxy) is 2. The molecule has 1 aromatic rings. The van der Waals surface area contributed by atoms with Crippen molar-refractivity contribution in [2.45, 2.75) is 19.4 Å². The van der Waals surface area contributed by atoms with E-state index >= 15 is 0 Å². The van der Waals surface area contributed by atoms with Gasteiger partial charge in [-0.1, -0.05) is 0 Å². The van der Waals surface area contributed by atoms with Crippen molar-refractivity contribution in [3.63, 3.8) is 0 Å². The van der Waals surface area contributed by atoms with Crippen molar-refractivity contribution in [3.8, 4) is 11.8 Å². The number of aromatic nitrogens is 2. The van der Waals surface area contributed by atoms with Crippen LogP contribution in [0.2, 0.25) is 0 Å². The number of hydrogen-bond donors (Lipinski definition) is 1. The maximum atomic E-state index is 5.75. The van der Waals surface area contributed by atoms with Crippen molar-refractivity contribution in [2.24, 2.45) is 5.73 Å². The van der Waals surface area contributed by atoms with Crippen molar-refractivity contribution in [1.29, 1.82) is 0 Å². The summed E-state index contributed by atoms with van der Waals surface area (Å²) in [7, 11) is 1.54. The van der Waals surface area contributed by atoms with Crippen LogP contribution in [0.4, 0.5) is 0 Å². The Balaban J connectivity index is 2.59. The molecule has 0 amide bonds. The lowest BCUT2D eigenvalue weighted by molar-refractivity contribution is 0.233. The van der Waals surface area contributed by atoms with Crippen LogP contribution >= 0.6 is 0 Å². The maximum Gasteiger partial charge on any atom is 0.220 e. The van der Waals surface area contributed by atoms with Crippen molar-refractivity contribution >= 4 is 0 Å². The summed E-state index contributed by atoms with van der Waals surface area (Å²) in [5.41, 5.74) is 5.38. The van der Waals surface area contributed by atoms with E-state index in [-0.39, 0.29) is 5.54 Å². The fraction of sp³-hybridized carbons (Fsp3) is 0.556. The van der Waals surface area contributed by atoms with E-state index < -0.39 is 0 Å². The number of nitrogens with zero attached hydrogens (tertiary/aromatic N) is 2. The van der Waals surface area contributed by atoms with Crippen LogP contribution in [-0.4, -0.2) is 29.2 Å². The molecule has 1 rings (SSSR count). The third-order valence-corrected chi connectivity index (χ3v) is 1.42. The molecule has 1 heterocycles. The van der Waals surface area contributed by atoms with Crippen LogP contribution in [0.25, 0.3) is 0 Å². The summed E-state index contributed by atoms with van der Waals surface area (Å²) in [5, 5.41) is 0. The Hall–Kier alpha value is -1.36. The lowest BCUT2D eigenvalue weighted by Gasteiger charge is -2.18. The van der Waals surface area contributed by atoms with Crippen LogP contribution in [0.15, 0.2) is 12.4 Å². The Labute approximate surface area is 83.3 Å². The van der Waals surface area contributed by atoms with Crippen molar-refractivity contribution in [2.75, 3.05) is 13.7 Å². The third-order valence-electron chi connectivity index (χ3n) is 1.42. The van der Waals surface area contributed by atoms with Crippen LogP contribution in [-0.2, 0) is 0 Å². The second-order valence-electron chi connectivity index (χ2n) is 3.68. The normalized spacial score (nSPS) is 11.1. The van der Waals surface area contributed by atoms with Crippen LogP contribution in [0, 0.1) is 0 Å². The standard InChI is InChI=1S/C9H15N3O2/c1-9(2,10)5-14-8-4-7(13-3)11-6-12-8/h4,6H,5,10H2,1-3H3. The molecular weight excluding hydrogens is 182 g/mol. The number of nitrogens with two attached hydrogens (primary N) is 1. The van der Waals surface area contributed by atoms with Crippen LogP contribution in [0.5, 0.6) is 11.8 Å². The molecule has 78 valence electrons. The van der Waals surface area contributed by atoms with Gasteiger partial charge in [0, 0.05) is 5.54 Å². The quantitative estimate of drug-likeness (QED) is 0.765. The predicted octanol–water partition coefficient (Wildman–Crippen LogP) is 0.601. The first-order valence-electron chi connectivity index (χ1n) is 4.29. The highest BCUT2D eigenvalue weighted by Crippen LogP contribution is 2.13. The first-order valence-corrected chi connectivity index (χ1v) is 4.29. The van der Waals surface area contributed by atoms with E-state index in [1.165, 1.54) is 6.33 Å². The summed E-state index contributed by atoms with van der Waals surface area (Å²) in [4.78, 5) is 7.78. The molecule has 0 saturated carbocycles. The molecule has 0 bridgehead atoms. The Morgan fingerprint density at radius 3 is 2.57 bits per heavy atom. The molecule has 2 N–H and O–H groups in total. The Morgan fingerprint density at radius 1 is 1.36 bits per heavy atom. The lowest BCUT2D eigenvalue weighted by atomic mass is 10.1. The molecule has 0 spiro atoms. The van der Waals surface area contributed by atoms with Gasteiger partial charge < -0.3 is 15.2 Å². The summed E-state index contributed by atoms with van der Waals surface area (Å²) >= 11 is 0. The van der Waals surface area contributed by atoms with Crippen molar-refractivity contribution < 1.29 is 9.47 Å². The number of methoxy groups -OCH3 is 1. The molecular formula is C9H15N3O2. The lowest BCUT2D eigenvalue weighted by Crippen LogP contribution is -2.38. The van der Waals surface area contributed by atoms with Gasteiger partial charge in [0.05, 0.1) is 13.2 Å². The zero-order valence-corrected chi connectivity index (χ0v) is 8.65. The third kappa shape index (κ3) is 3.57. The van der Waals surface area contributed by atoms with Gasteiger partial charge in [0.25, 0.3) is 0 Å². The fourth-order valence-corrected chi connectivity index (χ4v) is 0.773. The second-order valence-corrected chi connectivity index (χ2v) is 3.68. The molecule has 0 aliphatic carbocycles. The summed E-state index contributed by atoms with van der Waals surface area (Å²) in [6.45, 7) is 4.16. The van der Waals surface area contributed by atoms with Crippen molar-refractivity contribution in [1.82, 2.24) is 9.97 Å². The molecule has 14 heavy (non-hydrogen) atoms. The smallest absolute Gasteiger partial charge is 0.220 e. The molecule has 0 saturated heterocycles. The largest absolute Gasteiger partial charge is 0.481 e. The van der Waals surface area contributed by atoms with Crippen LogP contribution < -0.4 is 15.2 Å². The Morgan fingerprint density at radius 2 is 2.00 bits per heavy atom. The van der Waals surface area contributed by atoms with Gasteiger partial charge in [0.1, 0.15) is 12.9 Å². The maximum absolute atomic E-state index is 5.75. The van der Waals surface area contributed by atoms with E-state index in [1.54, 1.807) is 13.2 Å². The molecule has 5 heteroatoms. The SMILES string of the molecule is COc1cc(OCC(C)(C)N)ncn1. The molecule has 1 aromatic heterocycles. The van der Waals surface area contributed by atoms with Gasteiger partial charge >= 0.3 is 0 Å². The molecule has 0 radical (unpaired) electrons. The monoisotopic (exact) mass is 197 g/mol. The highest BCUT2D eigenvalue weighted by molar-refractivity contribution is 5.18. The minimum Gasteiger partial charge on any atom is -0.481 e. The first kappa shape index (κ1) is 10.7. The topological polar surface area (TPSA) is 70.3 Å². The Bertz CT molecular complexity index is 296. The molecule has 5 nitrogen and oxygen atoms in total. The zero-order chi connectivity index (χ0) is 10.6. The number of rotatable bonds is 4. The van der Waals surface area contributed by atoms with Gasteiger partial charge in [-0.15, -0.1) is 0 Å². The predicted molar refractivity (Wildman–Crippen MR) is 52.3 cm³/mol. The summed E-state index contributed by atoms with van der Waals surface area (Å²) in [5.74, 6) is 0.945. The summed E-state index contributed by atoms with van der Waals surface area (Å²) in [6.07, 6.45) is 1.39. The van der Waals surface area contributed by atoms with Gasteiger partial charge in [-0.05, 0) is 13.8 Å². The molecule has 0 fully saturated rings. The van der Waals surface area contributed by atoms with Gasteiger partial charge in [-0.3, -0.25) is 0 Å². The molecule has 0 aliphatic heterocycles. The molecule has 0 aliphatic rings. The first-order chi connectivity index (χ1) is 6.51. The average molecular weight is 197 g/mol. The zero-order valence-electron chi connectivity index (χ0n) is 8.65. The Kier molecular flexibility index (Phi) is 3.24. The van der Waals surface area contributed by atoms with E-state index in [0.29, 0.717) is 18.4 Å². The van der Waals surface area contributed by atoms with Crippen LogP contribution in [0.3, 0.4) is 0 Å². The molecule has 0 atom stereocenters. The minimum absolute atomic E-state index is 0.377. The number of hydrogen-bond acceptors (Lipinski definition) is 5. The van der Waals surface area contributed by atoms with Gasteiger partial charge in [-0.25, -0.2) is 9.97 Å². The van der Waals surface area contributed by atoms with Gasteiger partial charge in [-0.2, -0.15) is 0 Å². The minimum atomic E-state index is -0.377. The van der Waals surface area contributed by atoms with Crippen LogP contribution in [0.1, 0.15) is 13.8 Å². The van der Waals surface area contributed by atoms with Gasteiger partial charge in [0.15, 0.2) is 0 Å². The highest BCUT2D eigenvalue weighted by atomic mass is 16.5. The summed E-state index contributed by atoms with van der Waals surface area (Å²) in [6, 6.07) is 1.62. The fourth-order valence-electron chi connectivity index (χ4n) is 0.773. The van der Waals surface area contributed by atoms with Crippen molar-refractivity contribution in [3.05, 3.63) is 12.4 Å². The second kappa shape index (κ2) is 4.23. The van der Waals surface area contributed by atoms with E-state index in [0.717, 1.165) is 0 Å². The van der Waals surface area contributed by atoms with Gasteiger partial charge in [0.2, 0.25) is 11.8 Å².